The third kappa shape index (κ3) is 3.47. The monoisotopic (exact) mass is 320 g/mol. The zero-order valence-electron chi connectivity index (χ0n) is 9.18. The Kier molecular flexibility index (Phi) is 4.35. The van der Waals surface area contributed by atoms with E-state index in [0.717, 1.165) is 12.1 Å². The van der Waals surface area contributed by atoms with Gasteiger partial charge < -0.3 is 5.32 Å². The second-order valence-corrected chi connectivity index (χ2v) is 4.43. The number of rotatable bonds is 2. The summed E-state index contributed by atoms with van der Waals surface area (Å²) in [6, 6.07) is 4.08. The topological polar surface area (TPSA) is 52.9 Å². The van der Waals surface area contributed by atoms with Gasteiger partial charge in [-0.05, 0) is 25.1 Å². The van der Waals surface area contributed by atoms with Crippen LogP contribution in [-0.4, -0.2) is 11.9 Å². The lowest BCUT2D eigenvalue weighted by atomic mass is 10.1. The molecule has 96 valence electrons. The van der Waals surface area contributed by atoms with Gasteiger partial charge in [-0.15, -0.1) is 0 Å². The van der Waals surface area contributed by atoms with E-state index in [1.54, 1.807) is 6.07 Å². The molecule has 0 aliphatic heterocycles. The molecule has 1 rings (SSSR count). The molecule has 0 aliphatic carbocycles. The summed E-state index contributed by atoms with van der Waals surface area (Å²) < 4.78 is 38.4. The number of amides is 1. The smallest absolute Gasteiger partial charge is 0.337 e. The second-order valence-electron chi connectivity index (χ2n) is 3.51. The molecule has 0 spiro atoms. The first kappa shape index (κ1) is 14.5. The van der Waals surface area contributed by atoms with Crippen molar-refractivity contribution in [2.45, 2.75) is 19.1 Å². The highest BCUT2D eigenvalue weighted by Crippen LogP contribution is 2.33. The molecule has 1 amide bonds. The Labute approximate surface area is 110 Å². The SMILES string of the molecule is C[C@@H](C#N)NC(=O)c1ccc(Br)cc1C(F)(F)F. The molecule has 1 atom stereocenters. The first-order valence-corrected chi connectivity index (χ1v) is 5.62. The van der Waals surface area contributed by atoms with Gasteiger partial charge in [0.1, 0.15) is 6.04 Å². The van der Waals surface area contributed by atoms with Crippen LogP contribution in [0.2, 0.25) is 0 Å². The Morgan fingerprint density at radius 2 is 2.11 bits per heavy atom. The zero-order valence-corrected chi connectivity index (χ0v) is 10.8. The molecule has 1 N–H and O–H groups in total. The van der Waals surface area contributed by atoms with Crippen LogP contribution in [0.15, 0.2) is 22.7 Å². The predicted octanol–water partition coefficient (Wildman–Crippen LogP) is 3.11. The van der Waals surface area contributed by atoms with E-state index in [-0.39, 0.29) is 4.47 Å². The first-order valence-electron chi connectivity index (χ1n) is 4.83. The van der Waals surface area contributed by atoms with Crippen LogP contribution >= 0.6 is 15.9 Å². The van der Waals surface area contributed by atoms with E-state index in [0.29, 0.717) is 0 Å². The number of nitriles is 1. The quantitative estimate of drug-likeness (QED) is 0.910. The van der Waals surface area contributed by atoms with Crippen molar-refractivity contribution < 1.29 is 18.0 Å². The minimum atomic E-state index is -4.63. The van der Waals surface area contributed by atoms with Gasteiger partial charge in [0.05, 0.1) is 17.2 Å². The van der Waals surface area contributed by atoms with E-state index >= 15 is 0 Å². The summed E-state index contributed by atoms with van der Waals surface area (Å²) in [6.07, 6.45) is -4.63. The third-order valence-electron chi connectivity index (χ3n) is 2.07. The maximum atomic E-state index is 12.7. The second kappa shape index (κ2) is 5.40. The van der Waals surface area contributed by atoms with Crippen molar-refractivity contribution in [3.05, 3.63) is 33.8 Å². The summed E-state index contributed by atoms with van der Waals surface area (Å²) in [6.45, 7) is 1.38. The molecule has 0 aromatic heterocycles. The van der Waals surface area contributed by atoms with Gasteiger partial charge in [0, 0.05) is 4.47 Å². The fourth-order valence-electron chi connectivity index (χ4n) is 1.26. The highest BCUT2D eigenvalue weighted by Gasteiger charge is 2.35. The Balaban J connectivity index is 3.17. The van der Waals surface area contributed by atoms with Crippen molar-refractivity contribution in [3.63, 3.8) is 0 Å². The van der Waals surface area contributed by atoms with Crippen LogP contribution in [0.4, 0.5) is 13.2 Å². The minimum absolute atomic E-state index is 0.222. The summed E-state index contributed by atoms with van der Waals surface area (Å²) in [5.41, 5.74) is -1.55. The van der Waals surface area contributed by atoms with E-state index in [4.69, 9.17) is 5.26 Å². The summed E-state index contributed by atoms with van der Waals surface area (Å²) in [4.78, 5) is 11.6. The molecule has 0 aliphatic rings. The van der Waals surface area contributed by atoms with Gasteiger partial charge in [0.2, 0.25) is 0 Å². The van der Waals surface area contributed by atoms with E-state index in [9.17, 15) is 18.0 Å². The summed E-state index contributed by atoms with van der Waals surface area (Å²) in [5.74, 6) is -0.927. The number of carbonyl (C=O) groups excluding carboxylic acids is 1. The molecular formula is C11H8BrF3N2O. The lowest BCUT2D eigenvalue weighted by Crippen LogP contribution is -2.32. The number of alkyl halides is 3. The molecule has 0 heterocycles. The molecule has 7 heteroatoms. The van der Waals surface area contributed by atoms with E-state index in [2.05, 4.69) is 21.2 Å². The fourth-order valence-corrected chi connectivity index (χ4v) is 1.62. The molecule has 0 radical (unpaired) electrons. The lowest BCUT2D eigenvalue weighted by Gasteiger charge is -2.14. The van der Waals surface area contributed by atoms with Crippen LogP contribution in [0.5, 0.6) is 0 Å². The summed E-state index contributed by atoms with van der Waals surface area (Å²) in [5, 5.41) is 10.7. The van der Waals surface area contributed by atoms with Crippen molar-refractivity contribution in [2.75, 3.05) is 0 Å². The molecule has 0 saturated carbocycles. The number of carbonyl (C=O) groups is 1. The Bertz CT molecular complexity index is 508. The summed E-state index contributed by atoms with van der Waals surface area (Å²) in [7, 11) is 0. The molecule has 0 unspecified atom stereocenters. The van der Waals surface area contributed by atoms with Gasteiger partial charge >= 0.3 is 6.18 Å². The lowest BCUT2D eigenvalue weighted by molar-refractivity contribution is -0.138. The van der Waals surface area contributed by atoms with Crippen LogP contribution in [0.25, 0.3) is 0 Å². The van der Waals surface area contributed by atoms with E-state index in [1.807, 2.05) is 0 Å². The number of nitrogens with zero attached hydrogens (tertiary/aromatic N) is 1. The van der Waals surface area contributed by atoms with E-state index in [1.165, 1.54) is 13.0 Å². The first-order chi connectivity index (χ1) is 8.25. The normalized spacial score (nSPS) is 12.7. The predicted molar refractivity (Wildman–Crippen MR) is 61.7 cm³/mol. The van der Waals surface area contributed by atoms with Gasteiger partial charge in [-0.25, -0.2) is 0 Å². The third-order valence-corrected chi connectivity index (χ3v) is 2.57. The largest absolute Gasteiger partial charge is 0.417 e. The van der Waals surface area contributed by atoms with Crippen LogP contribution < -0.4 is 5.32 Å². The number of hydrogen-bond acceptors (Lipinski definition) is 2. The molecule has 3 nitrogen and oxygen atoms in total. The van der Waals surface area contributed by atoms with Gasteiger partial charge in [-0.2, -0.15) is 18.4 Å². The Morgan fingerprint density at radius 3 is 2.61 bits per heavy atom. The van der Waals surface area contributed by atoms with Crippen molar-refractivity contribution in [1.29, 1.82) is 5.26 Å². The molecule has 1 aromatic carbocycles. The van der Waals surface area contributed by atoms with E-state index < -0.39 is 29.3 Å². The van der Waals surface area contributed by atoms with Crippen LogP contribution in [0.3, 0.4) is 0 Å². The molecule has 0 bridgehead atoms. The molecule has 18 heavy (non-hydrogen) atoms. The van der Waals surface area contributed by atoms with Gasteiger partial charge in [0.15, 0.2) is 0 Å². The highest BCUT2D eigenvalue weighted by molar-refractivity contribution is 9.10. The fraction of sp³-hybridized carbons (Fsp3) is 0.273. The van der Waals surface area contributed by atoms with Gasteiger partial charge in [-0.1, -0.05) is 15.9 Å². The average molecular weight is 321 g/mol. The Morgan fingerprint density at radius 1 is 1.50 bits per heavy atom. The maximum absolute atomic E-state index is 12.7. The number of hydrogen-bond donors (Lipinski definition) is 1. The molecule has 0 fully saturated rings. The highest BCUT2D eigenvalue weighted by atomic mass is 79.9. The molecule has 1 aromatic rings. The van der Waals surface area contributed by atoms with Crippen molar-refractivity contribution >= 4 is 21.8 Å². The number of halogens is 4. The minimum Gasteiger partial charge on any atom is -0.337 e. The zero-order chi connectivity index (χ0) is 13.9. The number of nitrogens with one attached hydrogen (secondary N) is 1. The standard InChI is InChI=1S/C11H8BrF3N2O/c1-6(5-16)17-10(18)8-3-2-7(12)4-9(8)11(13,14)15/h2-4,6H,1H3,(H,17,18)/t6-/m0/s1. The average Bonchev–Trinajstić information content (AvgIpc) is 2.27. The maximum Gasteiger partial charge on any atom is 0.417 e. The van der Waals surface area contributed by atoms with Crippen molar-refractivity contribution in [2.24, 2.45) is 0 Å². The molecular weight excluding hydrogens is 313 g/mol. The van der Waals surface area contributed by atoms with Gasteiger partial charge in [-0.3, -0.25) is 4.79 Å². The van der Waals surface area contributed by atoms with Crippen LogP contribution in [-0.2, 0) is 6.18 Å². The number of benzene rings is 1. The van der Waals surface area contributed by atoms with Crippen LogP contribution in [0, 0.1) is 11.3 Å². The Hall–Kier alpha value is -1.55. The summed E-state index contributed by atoms with van der Waals surface area (Å²) >= 11 is 2.92. The van der Waals surface area contributed by atoms with Crippen molar-refractivity contribution in [1.82, 2.24) is 5.32 Å². The molecule has 0 saturated heterocycles. The van der Waals surface area contributed by atoms with Crippen LogP contribution in [0.1, 0.15) is 22.8 Å². The van der Waals surface area contributed by atoms with Gasteiger partial charge in [0.25, 0.3) is 5.91 Å². The van der Waals surface area contributed by atoms with Crippen molar-refractivity contribution in [3.8, 4) is 6.07 Å².